The first-order valence-electron chi connectivity index (χ1n) is 5.28. The van der Waals surface area contributed by atoms with Crippen molar-refractivity contribution in [3.8, 4) is 0 Å². The Kier molecular flexibility index (Phi) is 3.24. The summed E-state index contributed by atoms with van der Waals surface area (Å²) in [5, 5.41) is 12.9. The maximum Gasteiger partial charge on any atom is 0.184 e. The standard InChI is InChI=1S/C9H14FN3O4/c1-9(2)16-6-5(4(3-10)12-13-11)15-8(14)7(6)17-9/h4-8,14H,3H2,1-2H3/t4-,5+,6-,7-,8-/m0/s1. The van der Waals surface area contributed by atoms with Crippen molar-refractivity contribution in [2.45, 2.75) is 50.3 Å². The summed E-state index contributed by atoms with van der Waals surface area (Å²) in [6.45, 7) is 2.49. The number of hydrogen-bond acceptors (Lipinski definition) is 5. The minimum absolute atomic E-state index is 0.633. The van der Waals surface area contributed by atoms with Crippen molar-refractivity contribution in [3.63, 3.8) is 0 Å². The summed E-state index contributed by atoms with van der Waals surface area (Å²) in [5.41, 5.74) is 8.34. The summed E-state index contributed by atoms with van der Waals surface area (Å²) in [6.07, 6.45) is -3.35. The van der Waals surface area contributed by atoms with Crippen molar-refractivity contribution in [1.29, 1.82) is 0 Å². The SMILES string of the molecule is CC1(C)O[C@H]2[C@@H]([C@H](CF)N=[N+]=[N-])O[C@H](O)[C@H]2O1. The van der Waals surface area contributed by atoms with Crippen LogP contribution in [0.25, 0.3) is 10.4 Å². The van der Waals surface area contributed by atoms with Crippen LogP contribution in [0, 0.1) is 0 Å². The van der Waals surface area contributed by atoms with Crippen LogP contribution in [0.2, 0.25) is 0 Å². The van der Waals surface area contributed by atoms with Crippen molar-refractivity contribution >= 4 is 0 Å². The van der Waals surface area contributed by atoms with Crippen LogP contribution in [0.1, 0.15) is 13.8 Å². The Hall–Kier alpha value is -0.920. The first-order chi connectivity index (χ1) is 7.98. The number of fused-ring (bicyclic) bond motifs is 1. The lowest BCUT2D eigenvalue weighted by molar-refractivity contribution is -0.222. The summed E-state index contributed by atoms with van der Waals surface area (Å²) in [6, 6.07) is -1.03. The van der Waals surface area contributed by atoms with Gasteiger partial charge in [-0.1, -0.05) is 5.11 Å². The van der Waals surface area contributed by atoms with Gasteiger partial charge in [0.15, 0.2) is 12.1 Å². The average molecular weight is 247 g/mol. The van der Waals surface area contributed by atoms with Gasteiger partial charge in [0.2, 0.25) is 0 Å². The molecule has 0 aromatic carbocycles. The minimum atomic E-state index is -1.20. The molecule has 0 amide bonds. The monoisotopic (exact) mass is 247 g/mol. The first kappa shape index (κ1) is 12.5. The number of ether oxygens (including phenoxy) is 3. The molecule has 0 unspecified atom stereocenters. The Morgan fingerprint density at radius 1 is 1.47 bits per heavy atom. The van der Waals surface area contributed by atoms with Gasteiger partial charge in [0.05, 0.1) is 6.04 Å². The van der Waals surface area contributed by atoms with Crippen LogP contribution in [0.5, 0.6) is 0 Å². The molecule has 2 fully saturated rings. The third-order valence-corrected chi connectivity index (χ3v) is 2.80. The Bertz CT molecular complexity index is 347. The lowest BCUT2D eigenvalue weighted by atomic mass is 10.1. The van der Waals surface area contributed by atoms with E-state index in [4.69, 9.17) is 19.7 Å². The van der Waals surface area contributed by atoms with E-state index in [1.54, 1.807) is 13.8 Å². The number of nitrogens with zero attached hydrogens (tertiary/aromatic N) is 3. The average Bonchev–Trinajstić information content (AvgIpc) is 2.71. The molecular weight excluding hydrogens is 233 g/mol. The molecule has 0 spiro atoms. The van der Waals surface area contributed by atoms with E-state index in [0.29, 0.717) is 0 Å². The highest BCUT2D eigenvalue weighted by Crippen LogP contribution is 2.39. The largest absolute Gasteiger partial charge is 0.366 e. The van der Waals surface area contributed by atoms with E-state index in [1.165, 1.54) is 0 Å². The van der Waals surface area contributed by atoms with Crippen LogP contribution in [-0.4, -0.2) is 48.2 Å². The quantitative estimate of drug-likeness (QED) is 0.454. The summed E-state index contributed by atoms with van der Waals surface area (Å²) in [7, 11) is 0. The third-order valence-electron chi connectivity index (χ3n) is 2.80. The molecule has 0 aromatic rings. The molecule has 2 heterocycles. The molecule has 7 nitrogen and oxygen atoms in total. The molecule has 2 saturated heterocycles. The van der Waals surface area contributed by atoms with E-state index in [1.807, 2.05) is 0 Å². The van der Waals surface area contributed by atoms with E-state index < -0.39 is 43.1 Å². The second-order valence-corrected chi connectivity index (χ2v) is 4.48. The summed E-state index contributed by atoms with van der Waals surface area (Å²) in [4.78, 5) is 2.55. The molecule has 0 radical (unpaired) electrons. The van der Waals surface area contributed by atoms with Gasteiger partial charge in [0.25, 0.3) is 0 Å². The zero-order chi connectivity index (χ0) is 12.6. The topological polar surface area (TPSA) is 96.7 Å². The third kappa shape index (κ3) is 2.22. The number of hydrogen-bond donors (Lipinski definition) is 1. The van der Waals surface area contributed by atoms with E-state index in [9.17, 15) is 9.50 Å². The highest BCUT2D eigenvalue weighted by molar-refractivity contribution is 4.99. The van der Waals surface area contributed by atoms with E-state index >= 15 is 0 Å². The minimum Gasteiger partial charge on any atom is -0.366 e. The van der Waals surface area contributed by atoms with Crippen LogP contribution in [0.3, 0.4) is 0 Å². The van der Waals surface area contributed by atoms with Crippen molar-refractivity contribution in [3.05, 3.63) is 10.4 Å². The molecule has 17 heavy (non-hydrogen) atoms. The van der Waals surface area contributed by atoms with Crippen molar-refractivity contribution < 1.29 is 23.7 Å². The fraction of sp³-hybridized carbons (Fsp3) is 1.00. The number of halogens is 1. The Morgan fingerprint density at radius 2 is 2.12 bits per heavy atom. The zero-order valence-corrected chi connectivity index (χ0v) is 9.49. The molecule has 96 valence electrons. The Balaban J connectivity index is 2.17. The van der Waals surface area contributed by atoms with Gasteiger partial charge in [0.1, 0.15) is 25.0 Å². The lowest BCUT2D eigenvalue weighted by Crippen LogP contribution is -2.38. The van der Waals surface area contributed by atoms with Crippen molar-refractivity contribution in [1.82, 2.24) is 0 Å². The molecule has 2 rings (SSSR count). The molecule has 0 aliphatic carbocycles. The van der Waals surface area contributed by atoms with Gasteiger partial charge in [-0.25, -0.2) is 0 Å². The summed E-state index contributed by atoms with van der Waals surface area (Å²) in [5.74, 6) is -0.866. The normalized spacial score (nSPS) is 40.7. The number of alkyl halides is 1. The maximum atomic E-state index is 12.8. The van der Waals surface area contributed by atoms with Crippen LogP contribution in [-0.2, 0) is 14.2 Å². The van der Waals surface area contributed by atoms with Crippen LogP contribution in [0.15, 0.2) is 5.11 Å². The molecule has 8 heteroatoms. The summed E-state index contributed by atoms with van der Waals surface area (Å²) < 4.78 is 28.8. The molecule has 0 saturated carbocycles. The van der Waals surface area contributed by atoms with Gasteiger partial charge in [-0.15, -0.1) is 0 Å². The second kappa shape index (κ2) is 4.40. The maximum absolute atomic E-state index is 12.8. The Morgan fingerprint density at radius 3 is 2.71 bits per heavy atom. The van der Waals surface area contributed by atoms with E-state index in [-0.39, 0.29) is 0 Å². The van der Waals surface area contributed by atoms with Gasteiger partial charge < -0.3 is 19.3 Å². The van der Waals surface area contributed by atoms with Crippen molar-refractivity contribution in [2.75, 3.05) is 6.67 Å². The van der Waals surface area contributed by atoms with Gasteiger partial charge >= 0.3 is 0 Å². The molecule has 5 atom stereocenters. The number of azide groups is 1. The molecule has 2 aliphatic heterocycles. The molecule has 1 N–H and O–H groups in total. The van der Waals surface area contributed by atoms with Crippen LogP contribution >= 0.6 is 0 Å². The van der Waals surface area contributed by atoms with E-state index in [2.05, 4.69) is 10.0 Å². The molecule has 0 bridgehead atoms. The molecular formula is C9H14FN3O4. The highest BCUT2D eigenvalue weighted by Gasteiger charge is 2.56. The summed E-state index contributed by atoms with van der Waals surface area (Å²) >= 11 is 0. The smallest absolute Gasteiger partial charge is 0.184 e. The van der Waals surface area contributed by atoms with E-state index in [0.717, 1.165) is 0 Å². The number of aliphatic hydroxyl groups excluding tert-OH is 1. The van der Waals surface area contributed by atoms with Gasteiger partial charge in [0, 0.05) is 4.91 Å². The fourth-order valence-electron chi connectivity index (χ4n) is 2.17. The number of aliphatic hydroxyl groups is 1. The van der Waals surface area contributed by atoms with Crippen LogP contribution < -0.4 is 0 Å². The van der Waals surface area contributed by atoms with Gasteiger partial charge in [-0.2, -0.15) is 0 Å². The van der Waals surface area contributed by atoms with Gasteiger partial charge in [-0.05, 0) is 19.4 Å². The predicted molar refractivity (Wildman–Crippen MR) is 53.6 cm³/mol. The zero-order valence-electron chi connectivity index (χ0n) is 9.49. The fourth-order valence-corrected chi connectivity index (χ4v) is 2.17. The first-order valence-corrected chi connectivity index (χ1v) is 5.28. The lowest BCUT2D eigenvalue weighted by Gasteiger charge is -2.24. The second-order valence-electron chi connectivity index (χ2n) is 4.48. The predicted octanol–water partition coefficient (Wildman–Crippen LogP) is 0.872. The Labute approximate surface area is 97.1 Å². The van der Waals surface area contributed by atoms with Crippen LogP contribution in [0.4, 0.5) is 4.39 Å². The highest BCUT2D eigenvalue weighted by atomic mass is 19.1. The number of rotatable bonds is 3. The molecule has 2 aliphatic rings. The molecule has 0 aromatic heterocycles. The van der Waals surface area contributed by atoms with Gasteiger partial charge in [-0.3, -0.25) is 4.39 Å². The van der Waals surface area contributed by atoms with Crippen molar-refractivity contribution in [2.24, 2.45) is 5.11 Å².